The summed E-state index contributed by atoms with van der Waals surface area (Å²) in [7, 11) is -6.00. The molecule has 0 aliphatic rings. The Morgan fingerprint density at radius 2 is 0.600 bits per heavy atom. The molecule has 0 aromatic rings. The largest absolute Gasteiger partial charge is 0.673 e. The van der Waals surface area contributed by atoms with E-state index >= 15 is 0 Å². The Kier molecular flexibility index (Phi) is 26.6. The fraction of sp³-hybridized carbons (Fsp3) is 1.00. The maximum Gasteiger partial charge on any atom is 0.673 e. The van der Waals surface area contributed by atoms with Crippen molar-refractivity contribution in [2.45, 2.75) is 136 Å². The molecule has 0 N–H and O–H groups in total. The molecule has 0 saturated heterocycles. The second-order valence-electron chi connectivity index (χ2n) is 8.64. The Labute approximate surface area is 185 Å². The van der Waals surface area contributed by atoms with Crippen LogP contribution in [0.1, 0.15) is 136 Å². The molecule has 0 radical (unpaired) electrons. The lowest BCUT2D eigenvalue weighted by Gasteiger charge is -2.22. The quantitative estimate of drug-likeness (QED) is 0.0975. The second-order valence-corrected chi connectivity index (χ2v) is 8.64. The topological polar surface area (TPSA) is 3.24 Å². The van der Waals surface area contributed by atoms with E-state index in [0.29, 0.717) is 0 Å². The molecule has 0 unspecified atom stereocenters. The predicted molar refractivity (Wildman–Crippen MR) is 127 cm³/mol. The Balaban J connectivity index is 0. The molecule has 0 aliphatic carbocycles. The van der Waals surface area contributed by atoms with Gasteiger partial charge in [0.15, 0.2) is 0 Å². The molecule has 0 aromatic carbocycles. The van der Waals surface area contributed by atoms with Gasteiger partial charge in [-0.05, 0) is 38.9 Å². The number of hydrogen-bond donors (Lipinski definition) is 0. The fourth-order valence-electron chi connectivity index (χ4n) is 3.68. The van der Waals surface area contributed by atoms with Gasteiger partial charge < -0.3 is 22.2 Å². The summed E-state index contributed by atoms with van der Waals surface area (Å²) in [5, 5.41) is 0. The van der Waals surface area contributed by atoms with Crippen LogP contribution in [-0.4, -0.2) is 31.8 Å². The van der Waals surface area contributed by atoms with E-state index in [0.717, 1.165) is 0 Å². The predicted octanol–water partition coefficient (Wildman–Crippen LogP) is 9.67. The van der Waals surface area contributed by atoms with Gasteiger partial charge in [-0.1, -0.05) is 117 Å². The minimum Gasteiger partial charge on any atom is -0.418 e. The first-order valence-electron chi connectivity index (χ1n) is 12.9. The molecule has 1 nitrogen and oxygen atoms in total. The van der Waals surface area contributed by atoms with Crippen LogP contribution in [-0.2, 0) is 0 Å². The zero-order valence-corrected chi connectivity index (χ0v) is 20.4. The van der Waals surface area contributed by atoms with Crippen LogP contribution in [0.15, 0.2) is 0 Å². The summed E-state index contributed by atoms with van der Waals surface area (Å²) in [4.78, 5) is 2.79. The number of rotatable bonds is 21. The first-order valence-corrected chi connectivity index (χ1v) is 12.9. The van der Waals surface area contributed by atoms with Crippen LogP contribution in [0.25, 0.3) is 0 Å². The zero-order chi connectivity index (χ0) is 22.9. The van der Waals surface area contributed by atoms with Crippen molar-refractivity contribution in [2.75, 3.05) is 19.6 Å². The molecular weight excluding hydrogens is 389 g/mol. The van der Waals surface area contributed by atoms with E-state index in [9.17, 15) is 17.3 Å². The first-order chi connectivity index (χ1) is 14.3. The van der Waals surface area contributed by atoms with Crippen molar-refractivity contribution in [3.8, 4) is 0 Å². The lowest BCUT2D eigenvalue weighted by Crippen LogP contribution is -2.27. The molecule has 0 saturated carbocycles. The molecular formula is C24H51BF4N-. The maximum atomic E-state index is 9.75. The van der Waals surface area contributed by atoms with Gasteiger partial charge in [-0.15, -0.1) is 0 Å². The normalized spacial score (nSPS) is 11.6. The number of hydrogen-bond acceptors (Lipinski definition) is 1. The van der Waals surface area contributed by atoms with E-state index in [4.69, 9.17) is 0 Å². The third kappa shape index (κ3) is 35.2. The van der Waals surface area contributed by atoms with Gasteiger partial charge in [-0.2, -0.15) is 0 Å². The third-order valence-electron chi connectivity index (χ3n) is 5.48. The summed E-state index contributed by atoms with van der Waals surface area (Å²) in [6, 6.07) is 0. The molecule has 30 heavy (non-hydrogen) atoms. The smallest absolute Gasteiger partial charge is 0.418 e. The molecule has 0 heterocycles. The second kappa shape index (κ2) is 25.0. The Hall–Kier alpha value is -0.255. The van der Waals surface area contributed by atoms with E-state index in [1.54, 1.807) is 0 Å². The molecule has 6 heteroatoms. The molecule has 0 aliphatic heterocycles. The Morgan fingerprint density at radius 3 is 0.833 bits per heavy atom. The average molecular weight is 440 g/mol. The van der Waals surface area contributed by atoms with Crippen LogP contribution in [0.3, 0.4) is 0 Å². The van der Waals surface area contributed by atoms with Crippen molar-refractivity contribution in [1.29, 1.82) is 0 Å². The van der Waals surface area contributed by atoms with E-state index in [1.807, 2.05) is 0 Å². The zero-order valence-electron chi connectivity index (χ0n) is 20.4. The highest BCUT2D eigenvalue weighted by Crippen LogP contribution is 2.11. The van der Waals surface area contributed by atoms with Crippen molar-refractivity contribution in [1.82, 2.24) is 4.90 Å². The summed E-state index contributed by atoms with van der Waals surface area (Å²) < 4.78 is 39.0. The molecule has 0 atom stereocenters. The van der Waals surface area contributed by atoms with Gasteiger partial charge in [0.1, 0.15) is 0 Å². The molecule has 0 amide bonds. The average Bonchev–Trinajstić information content (AvgIpc) is 2.68. The molecule has 0 rings (SSSR count). The highest BCUT2D eigenvalue weighted by molar-refractivity contribution is 6.50. The van der Waals surface area contributed by atoms with Crippen molar-refractivity contribution >= 4 is 7.25 Å². The van der Waals surface area contributed by atoms with E-state index in [-0.39, 0.29) is 0 Å². The molecule has 0 fully saturated rings. The van der Waals surface area contributed by atoms with E-state index in [2.05, 4.69) is 25.7 Å². The summed E-state index contributed by atoms with van der Waals surface area (Å²) >= 11 is 0. The SMILES string of the molecule is CCCCCCCCN(CCCCCCCC)CCCCCCCC.F[B-](F)(F)F. The van der Waals surface area contributed by atoms with Crippen molar-refractivity contribution in [2.24, 2.45) is 0 Å². The lowest BCUT2D eigenvalue weighted by molar-refractivity contribution is 0.254. The lowest BCUT2D eigenvalue weighted by atomic mass is 10.1. The van der Waals surface area contributed by atoms with Crippen molar-refractivity contribution in [3.63, 3.8) is 0 Å². The Morgan fingerprint density at radius 1 is 0.400 bits per heavy atom. The van der Waals surface area contributed by atoms with Gasteiger partial charge in [0, 0.05) is 0 Å². The van der Waals surface area contributed by atoms with Crippen molar-refractivity contribution < 1.29 is 17.3 Å². The molecule has 0 aromatic heterocycles. The minimum absolute atomic E-state index is 1.36. The van der Waals surface area contributed by atoms with Gasteiger partial charge in [0.05, 0.1) is 0 Å². The highest BCUT2D eigenvalue weighted by atomic mass is 19.5. The van der Waals surface area contributed by atoms with Crippen LogP contribution in [0.5, 0.6) is 0 Å². The third-order valence-corrected chi connectivity index (χ3v) is 5.48. The first kappa shape index (κ1) is 31.9. The summed E-state index contributed by atoms with van der Waals surface area (Å²) in [5.74, 6) is 0. The summed E-state index contributed by atoms with van der Waals surface area (Å²) in [6.07, 6.45) is 25.7. The number of halogens is 4. The number of unbranched alkanes of at least 4 members (excludes halogenated alkanes) is 15. The maximum absolute atomic E-state index is 9.75. The van der Waals surface area contributed by atoms with Gasteiger partial charge in [0.25, 0.3) is 0 Å². The van der Waals surface area contributed by atoms with Crippen LogP contribution < -0.4 is 0 Å². The van der Waals surface area contributed by atoms with Gasteiger partial charge in [-0.25, -0.2) is 0 Å². The molecule has 184 valence electrons. The van der Waals surface area contributed by atoms with Gasteiger partial charge >= 0.3 is 7.25 Å². The van der Waals surface area contributed by atoms with Crippen molar-refractivity contribution in [3.05, 3.63) is 0 Å². The van der Waals surface area contributed by atoms with E-state index < -0.39 is 7.25 Å². The standard InChI is InChI=1S/C24H51N.BF4/c1-4-7-10-13-16-19-22-25(23-20-17-14-11-8-5-2)24-21-18-15-12-9-6-3;2-1(3,4)5/h4-24H2,1-3H3;/q;-1. The summed E-state index contributed by atoms with van der Waals surface area (Å²) in [5.41, 5.74) is 0. The summed E-state index contributed by atoms with van der Waals surface area (Å²) in [6.45, 7) is 11.0. The van der Waals surface area contributed by atoms with Crippen LogP contribution in [0.4, 0.5) is 17.3 Å². The fourth-order valence-corrected chi connectivity index (χ4v) is 3.68. The highest BCUT2D eigenvalue weighted by Gasteiger charge is 2.20. The van der Waals surface area contributed by atoms with E-state index in [1.165, 1.54) is 135 Å². The number of nitrogens with zero attached hydrogens (tertiary/aromatic N) is 1. The van der Waals surface area contributed by atoms with Crippen LogP contribution >= 0.6 is 0 Å². The Bertz CT molecular complexity index is 270. The molecule has 0 spiro atoms. The van der Waals surface area contributed by atoms with Gasteiger partial charge in [-0.3, -0.25) is 0 Å². The van der Waals surface area contributed by atoms with Gasteiger partial charge in [0.2, 0.25) is 0 Å². The molecule has 0 bridgehead atoms. The minimum atomic E-state index is -6.00. The van der Waals surface area contributed by atoms with Crippen LogP contribution in [0.2, 0.25) is 0 Å². The van der Waals surface area contributed by atoms with Crippen LogP contribution in [0, 0.1) is 0 Å². The monoisotopic (exact) mass is 440 g/mol.